The Morgan fingerprint density at radius 3 is 2.35 bits per heavy atom. The number of benzene rings is 1. The van der Waals surface area contributed by atoms with Gasteiger partial charge in [-0.05, 0) is 31.7 Å². The van der Waals surface area contributed by atoms with Gasteiger partial charge in [0.05, 0.1) is 7.11 Å². The molecule has 1 aromatic carbocycles. The fraction of sp³-hybridized carbons (Fsp3) is 0.500. The minimum atomic E-state index is -5.23. The third-order valence-electron chi connectivity index (χ3n) is 5.95. The molecule has 1 heterocycles. The number of carbonyl (C=O) groups is 3. The quantitative estimate of drug-likeness (QED) is 0.692. The predicted molar refractivity (Wildman–Crippen MR) is 106 cm³/mol. The van der Waals surface area contributed by atoms with Crippen molar-refractivity contribution in [2.75, 3.05) is 7.11 Å². The Balaban J connectivity index is 1.98. The Hall–Kier alpha value is -2.84. The summed E-state index contributed by atoms with van der Waals surface area (Å²) in [7, 11) is 0.948. The molecule has 1 aliphatic carbocycles. The second-order valence-electron chi connectivity index (χ2n) is 7.85. The highest BCUT2D eigenvalue weighted by molar-refractivity contribution is 6.10. The summed E-state index contributed by atoms with van der Waals surface area (Å²) in [5.41, 5.74) is -3.68. The number of amides is 2. The largest absolute Gasteiger partial charge is 0.466 e. The van der Waals surface area contributed by atoms with Crippen LogP contribution in [0.5, 0.6) is 0 Å². The molecule has 3 rings (SSSR count). The van der Waals surface area contributed by atoms with Gasteiger partial charge < -0.3 is 15.0 Å². The monoisotopic (exact) mass is 438 g/mol. The van der Waals surface area contributed by atoms with E-state index >= 15 is 0 Å². The number of nitrogens with one attached hydrogen (secondary N) is 1. The standard InChI is InChI=1S/C22H25F3N2O4/c1-14-18(19(29)31-2)21(22(23,24)25,20(30)27(14)16-10-6-7-11-16)26-17(28)13-12-15-8-4-3-5-9-15/h3-5,8-9,16H,6-7,10-13H2,1-2H3,(H,26,28)/t21-/m1/s1. The maximum Gasteiger partial charge on any atom is 0.425 e. The van der Waals surface area contributed by atoms with Gasteiger partial charge in [-0.3, -0.25) is 9.59 Å². The minimum absolute atomic E-state index is 0.121. The molecule has 1 saturated carbocycles. The molecule has 0 radical (unpaired) electrons. The van der Waals surface area contributed by atoms with Crippen LogP contribution in [0.15, 0.2) is 41.6 Å². The summed E-state index contributed by atoms with van der Waals surface area (Å²) in [4.78, 5) is 39.3. The number of carbonyl (C=O) groups excluding carboxylic acids is 3. The second kappa shape index (κ2) is 8.72. The van der Waals surface area contributed by atoms with Crippen molar-refractivity contribution in [3.05, 3.63) is 47.2 Å². The van der Waals surface area contributed by atoms with Crippen LogP contribution in [0.2, 0.25) is 0 Å². The van der Waals surface area contributed by atoms with Gasteiger partial charge in [-0.15, -0.1) is 0 Å². The SMILES string of the molecule is COC(=O)C1=C(C)N(C2CCCC2)C(=O)[C@@]1(NC(=O)CCc1ccccc1)C(F)(F)F. The van der Waals surface area contributed by atoms with Crippen molar-refractivity contribution in [3.63, 3.8) is 0 Å². The van der Waals surface area contributed by atoms with E-state index in [1.165, 1.54) is 6.92 Å². The van der Waals surface area contributed by atoms with Crippen LogP contribution in [-0.2, 0) is 25.5 Å². The van der Waals surface area contributed by atoms with Crippen molar-refractivity contribution in [2.24, 2.45) is 0 Å². The number of hydrogen-bond donors (Lipinski definition) is 1. The highest BCUT2D eigenvalue weighted by Crippen LogP contribution is 2.47. The molecule has 1 aliphatic heterocycles. The number of rotatable bonds is 6. The van der Waals surface area contributed by atoms with Crippen molar-refractivity contribution in [3.8, 4) is 0 Å². The third-order valence-corrected chi connectivity index (χ3v) is 5.95. The molecule has 1 aromatic rings. The first-order valence-electron chi connectivity index (χ1n) is 10.2. The zero-order valence-electron chi connectivity index (χ0n) is 17.4. The number of halogens is 3. The molecule has 1 atom stereocenters. The molecule has 1 fully saturated rings. The van der Waals surface area contributed by atoms with Crippen LogP contribution in [-0.4, -0.2) is 47.6 Å². The number of hydrogen-bond acceptors (Lipinski definition) is 4. The zero-order valence-corrected chi connectivity index (χ0v) is 17.4. The Kier molecular flexibility index (Phi) is 6.43. The average molecular weight is 438 g/mol. The smallest absolute Gasteiger partial charge is 0.425 e. The van der Waals surface area contributed by atoms with Gasteiger partial charge in [-0.25, -0.2) is 4.79 Å². The highest BCUT2D eigenvalue weighted by atomic mass is 19.4. The number of aryl methyl sites for hydroxylation is 1. The molecule has 6 nitrogen and oxygen atoms in total. The van der Waals surface area contributed by atoms with Crippen LogP contribution in [0.1, 0.15) is 44.6 Å². The summed E-state index contributed by atoms with van der Waals surface area (Å²) in [6.07, 6.45) is -2.69. The van der Waals surface area contributed by atoms with Gasteiger partial charge in [0.15, 0.2) is 0 Å². The summed E-state index contributed by atoms with van der Waals surface area (Å²) < 4.78 is 48.0. The van der Waals surface area contributed by atoms with E-state index in [1.54, 1.807) is 30.3 Å². The van der Waals surface area contributed by atoms with Crippen LogP contribution in [0.3, 0.4) is 0 Å². The van der Waals surface area contributed by atoms with E-state index in [-0.39, 0.29) is 18.5 Å². The van der Waals surface area contributed by atoms with Gasteiger partial charge >= 0.3 is 12.1 Å². The number of esters is 1. The molecule has 0 bridgehead atoms. The van der Waals surface area contributed by atoms with Gasteiger partial charge in [0, 0.05) is 18.2 Å². The summed E-state index contributed by atoms with van der Waals surface area (Å²) in [5, 5.41) is 1.89. The average Bonchev–Trinajstić information content (AvgIpc) is 3.32. The van der Waals surface area contributed by atoms with Crippen molar-refractivity contribution in [2.45, 2.75) is 63.2 Å². The number of alkyl halides is 3. The van der Waals surface area contributed by atoms with Gasteiger partial charge in [-0.2, -0.15) is 13.2 Å². The minimum Gasteiger partial charge on any atom is -0.466 e. The maximum absolute atomic E-state index is 14.5. The molecule has 9 heteroatoms. The van der Waals surface area contributed by atoms with E-state index in [1.807, 2.05) is 5.32 Å². The lowest BCUT2D eigenvalue weighted by Gasteiger charge is -2.34. The fourth-order valence-corrected chi connectivity index (χ4v) is 4.46. The van der Waals surface area contributed by atoms with Gasteiger partial charge in [0.2, 0.25) is 11.4 Å². The molecule has 1 N–H and O–H groups in total. The number of allylic oxidation sites excluding steroid dienone is 1. The van der Waals surface area contributed by atoms with Crippen LogP contribution in [0.25, 0.3) is 0 Å². The normalized spacial score (nSPS) is 22.2. The Bertz CT molecular complexity index is 892. The first-order valence-corrected chi connectivity index (χ1v) is 10.2. The van der Waals surface area contributed by atoms with Crippen LogP contribution >= 0.6 is 0 Å². The number of methoxy groups -OCH3 is 1. The molecule has 2 amide bonds. The Morgan fingerprint density at radius 2 is 1.81 bits per heavy atom. The van der Waals surface area contributed by atoms with Crippen molar-refractivity contribution < 1.29 is 32.3 Å². The van der Waals surface area contributed by atoms with Gasteiger partial charge in [-0.1, -0.05) is 43.2 Å². The molecular formula is C22H25F3N2O4. The Labute approximate surface area is 178 Å². The predicted octanol–water partition coefficient (Wildman–Crippen LogP) is 3.27. The van der Waals surface area contributed by atoms with Crippen molar-refractivity contribution in [1.29, 1.82) is 0 Å². The summed E-state index contributed by atoms with van der Waals surface area (Å²) in [5.74, 6) is -3.61. The molecule has 0 spiro atoms. The highest BCUT2D eigenvalue weighted by Gasteiger charge is 2.71. The number of nitrogens with zero attached hydrogens (tertiary/aromatic N) is 1. The first kappa shape index (κ1) is 22.8. The molecule has 0 unspecified atom stereocenters. The van der Waals surface area contributed by atoms with Crippen LogP contribution in [0.4, 0.5) is 13.2 Å². The van der Waals surface area contributed by atoms with Crippen molar-refractivity contribution in [1.82, 2.24) is 10.2 Å². The molecule has 2 aliphatic rings. The summed E-state index contributed by atoms with van der Waals surface area (Å²) in [6.45, 7) is 1.30. The van der Waals surface area contributed by atoms with E-state index < -0.39 is 41.1 Å². The van der Waals surface area contributed by atoms with E-state index in [4.69, 9.17) is 0 Å². The van der Waals surface area contributed by atoms with E-state index in [2.05, 4.69) is 4.74 Å². The lowest BCUT2D eigenvalue weighted by Crippen LogP contribution is -2.66. The molecule has 168 valence electrons. The van der Waals surface area contributed by atoms with E-state index in [0.717, 1.165) is 30.4 Å². The van der Waals surface area contributed by atoms with Crippen LogP contribution < -0.4 is 5.32 Å². The maximum atomic E-state index is 14.5. The molecule has 0 aromatic heterocycles. The topological polar surface area (TPSA) is 75.7 Å². The summed E-state index contributed by atoms with van der Waals surface area (Å²) >= 11 is 0. The second-order valence-corrected chi connectivity index (χ2v) is 7.85. The van der Waals surface area contributed by atoms with Crippen LogP contribution in [0, 0.1) is 0 Å². The van der Waals surface area contributed by atoms with Gasteiger partial charge in [0.25, 0.3) is 5.91 Å². The zero-order chi connectivity index (χ0) is 22.8. The van der Waals surface area contributed by atoms with Crippen molar-refractivity contribution >= 4 is 17.8 Å². The summed E-state index contributed by atoms with van der Waals surface area (Å²) in [6, 6.07) is 8.35. The first-order chi connectivity index (χ1) is 14.6. The third kappa shape index (κ3) is 4.05. The molecule has 0 saturated heterocycles. The molecule has 31 heavy (non-hydrogen) atoms. The Morgan fingerprint density at radius 1 is 1.19 bits per heavy atom. The lowest BCUT2D eigenvalue weighted by atomic mass is 9.88. The lowest BCUT2D eigenvalue weighted by molar-refractivity contribution is -0.196. The van der Waals surface area contributed by atoms with E-state index in [0.29, 0.717) is 12.8 Å². The number of ether oxygens (including phenoxy) is 1. The van der Waals surface area contributed by atoms with Gasteiger partial charge in [0.1, 0.15) is 5.57 Å². The van der Waals surface area contributed by atoms with E-state index in [9.17, 15) is 27.6 Å². The molecular weight excluding hydrogens is 413 g/mol. The fourth-order valence-electron chi connectivity index (χ4n) is 4.46.